The molecule has 0 aliphatic rings. The molecule has 94 valence electrons. The van der Waals surface area contributed by atoms with Crippen molar-refractivity contribution in [3.63, 3.8) is 0 Å². The molecule has 1 aromatic rings. The first-order chi connectivity index (χ1) is 7.90. The largest absolute Gasteiger partial charge is 0.351 e. The van der Waals surface area contributed by atoms with Crippen LogP contribution in [0.5, 0.6) is 0 Å². The summed E-state index contributed by atoms with van der Waals surface area (Å²) >= 11 is 5.79. The molecule has 6 nitrogen and oxygen atoms in total. The fourth-order valence-electron chi connectivity index (χ4n) is 1.05. The Kier molecular flexibility index (Phi) is 4.86. The van der Waals surface area contributed by atoms with Crippen LogP contribution in [-0.2, 0) is 10.0 Å². The molecule has 8 heteroatoms. The molecule has 1 rings (SSSR count). The van der Waals surface area contributed by atoms with E-state index >= 15 is 0 Å². The van der Waals surface area contributed by atoms with Crippen LogP contribution in [0.25, 0.3) is 0 Å². The van der Waals surface area contributed by atoms with Crippen LogP contribution < -0.4 is 10.0 Å². The average molecular weight is 278 g/mol. The van der Waals surface area contributed by atoms with Gasteiger partial charge in [0, 0.05) is 25.5 Å². The molecule has 0 radical (unpaired) electrons. The van der Waals surface area contributed by atoms with Crippen LogP contribution in [0.15, 0.2) is 18.5 Å². The van der Waals surface area contributed by atoms with Crippen molar-refractivity contribution in [1.82, 2.24) is 15.0 Å². The molecule has 0 saturated heterocycles. The maximum absolute atomic E-state index is 11.6. The number of nitrogens with one attached hydrogen (secondary N) is 2. The number of hydrogen-bond donors (Lipinski definition) is 2. The number of rotatable bonds is 5. The molecule has 0 aliphatic heterocycles. The van der Waals surface area contributed by atoms with E-state index in [4.69, 9.17) is 11.6 Å². The van der Waals surface area contributed by atoms with Crippen LogP contribution in [0.2, 0.25) is 5.02 Å². The molecule has 1 aromatic heterocycles. The van der Waals surface area contributed by atoms with Gasteiger partial charge in [0.25, 0.3) is 5.91 Å². The summed E-state index contributed by atoms with van der Waals surface area (Å²) in [6, 6.07) is 1.51. The number of aromatic nitrogens is 1. The zero-order chi connectivity index (χ0) is 12.9. The van der Waals surface area contributed by atoms with Gasteiger partial charge in [0.2, 0.25) is 10.0 Å². The van der Waals surface area contributed by atoms with Crippen molar-refractivity contribution in [2.75, 3.05) is 19.3 Å². The predicted octanol–water partition coefficient (Wildman–Crippen LogP) is 0.0140. The van der Waals surface area contributed by atoms with E-state index < -0.39 is 15.9 Å². The van der Waals surface area contributed by atoms with E-state index in [0.29, 0.717) is 5.02 Å². The van der Waals surface area contributed by atoms with E-state index in [1.165, 1.54) is 18.5 Å². The van der Waals surface area contributed by atoms with E-state index in [2.05, 4.69) is 15.0 Å². The third kappa shape index (κ3) is 5.12. The monoisotopic (exact) mass is 277 g/mol. The number of sulfonamides is 1. The summed E-state index contributed by atoms with van der Waals surface area (Å²) in [5.74, 6) is -0.390. The van der Waals surface area contributed by atoms with Gasteiger partial charge in [-0.25, -0.2) is 13.1 Å². The van der Waals surface area contributed by atoms with Crippen molar-refractivity contribution in [3.8, 4) is 0 Å². The minimum absolute atomic E-state index is 0.127. The van der Waals surface area contributed by atoms with Gasteiger partial charge in [-0.2, -0.15) is 0 Å². The number of carbonyl (C=O) groups is 1. The molecule has 1 heterocycles. The molecule has 0 aliphatic carbocycles. The van der Waals surface area contributed by atoms with Crippen LogP contribution >= 0.6 is 11.6 Å². The van der Waals surface area contributed by atoms with Crippen molar-refractivity contribution in [2.45, 2.75) is 0 Å². The highest BCUT2D eigenvalue weighted by Gasteiger charge is 2.09. The highest BCUT2D eigenvalue weighted by molar-refractivity contribution is 7.88. The summed E-state index contributed by atoms with van der Waals surface area (Å²) < 4.78 is 23.7. The van der Waals surface area contributed by atoms with E-state index in [1.54, 1.807) is 0 Å². The third-order valence-electron chi connectivity index (χ3n) is 1.79. The molecule has 17 heavy (non-hydrogen) atoms. The van der Waals surface area contributed by atoms with Gasteiger partial charge >= 0.3 is 0 Å². The Bertz CT molecular complexity index is 504. The van der Waals surface area contributed by atoms with Crippen molar-refractivity contribution in [2.24, 2.45) is 0 Å². The van der Waals surface area contributed by atoms with E-state index in [-0.39, 0.29) is 18.7 Å². The molecular formula is C9H12ClN3O3S. The minimum Gasteiger partial charge on any atom is -0.351 e. The second-order valence-corrected chi connectivity index (χ2v) is 5.52. The lowest BCUT2D eigenvalue weighted by atomic mass is 10.2. The normalized spacial score (nSPS) is 11.2. The molecule has 0 unspecified atom stereocenters. The van der Waals surface area contributed by atoms with Crippen LogP contribution in [-0.4, -0.2) is 38.7 Å². The molecule has 0 fully saturated rings. The SMILES string of the molecule is CS(=O)(=O)NCCNC(=O)c1cnccc1Cl. The number of nitrogens with zero attached hydrogens (tertiary/aromatic N) is 1. The van der Waals surface area contributed by atoms with Gasteiger partial charge in [0.1, 0.15) is 0 Å². The number of hydrogen-bond acceptors (Lipinski definition) is 4. The van der Waals surface area contributed by atoms with Gasteiger partial charge in [0.05, 0.1) is 16.8 Å². The first-order valence-corrected chi connectivity index (χ1v) is 6.99. The highest BCUT2D eigenvalue weighted by Crippen LogP contribution is 2.12. The Morgan fingerprint density at radius 3 is 2.76 bits per heavy atom. The minimum atomic E-state index is -3.23. The maximum atomic E-state index is 11.6. The number of halogens is 1. The van der Waals surface area contributed by atoms with Crippen molar-refractivity contribution in [1.29, 1.82) is 0 Å². The average Bonchev–Trinajstić information content (AvgIpc) is 2.23. The zero-order valence-electron chi connectivity index (χ0n) is 9.10. The Hall–Kier alpha value is -1.18. The Morgan fingerprint density at radius 2 is 2.18 bits per heavy atom. The summed E-state index contributed by atoms with van der Waals surface area (Å²) in [4.78, 5) is 15.4. The quantitative estimate of drug-likeness (QED) is 0.743. The Labute approximate surface area is 104 Å². The summed E-state index contributed by atoms with van der Waals surface area (Å²) in [5, 5.41) is 2.82. The van der Waals surface area contributed by atoms with Gasteiger partial charge < -0.3 is 5.32 Å². The maximum Gasteiger partial charge on any atom is 0.254 e. The van der Waals surface area contributed by atoms with E-state index in [0.717, 1.165) is 6.26 Å². The predicted molar refractivity (Wildman–Crippen MR) is 64.4 cm³/mol. The zero-order valence-corrected chi connectivity index (χ0v) is 10.7. The Morgan fingerprint density at radius 1 is 1.47 bits per heavy atom. The molecule has 1 amide bonds. The summed E-state index contributed by atoms with van der Waals surface area (Å²) in [6.07, 6.45) is 3.87. The first kappa shape index (κ1) is 13.9. The number of pyridine rings is 1. The fourth-order valence-corrected chi connectivity index (χ4v) is 1.72. The second kappa shape index (κ2) is 5.95. The van der Waals surface area contributed by atoms with Gasteiger partial charge in [-0.05, 0) is 6.07 Å². The molecule has 0 atom stereocenters. The van der Waals surface area contributed by atoms with Crippen LogP contribution in [0.3, 0.4) is 0 Å². The fraction of sp³-hybridized carbons (Fsp3) is 0.333. The van der Waals surface area contributed by atoms with Crippen LogP contribution in [0, 0.1) is 0 Å². The smallest absolute Gasteiger partial charge is 0.254 e. The van der Waals surface area contributed by atoms with Crippen molar-refractivity contribution < 1.29 is 13.2 Å². The van der Waals surface area contributed by atoms with Gasteiger partial charge in [-0.3, -0.25) is 9.78 Å². The highest BCUT2D eigenvalue weighted by atomic mass is 35.5. The topological polar surface area (TPSA) is 88.2 Å². The summed E-state index contributed by atoms with van der Waals surface area (Å²) in [6.45, 7) is 0.305. The second-order valence-electron chi connectivity index (χ2n) is 3.28. The van der Waals surface area contributed by atoms with Crippen molar-refractivity contribution in [3.05, 3.63) is 29.0 Å². The lowest BCUT2D eigenvalue weighted by Crippen LogP contribution is -2.34. The molecule has 0 aromatic carbocycles. The van der Waals surface area contributed by atoms with Gasteiger partial charge in [-0.1, -0.05) is 11.6 Å². The first-order valence-electron chi connectivity index (χ1n) is 4.72. The van der Waals surface area contributed by atoms with Crippen LogP contribution in [0.1, 0.15) is 10.4 Å². The molecule has 0 spiro atoms. The molecular weight excluding hydrogens is 266 g/mol. The summed E-state index contributed by atoms with van der Waals surface area (Å²) in [5.41, 5.74) is 0.258. The van der Waals surface area contributed by atoms with Gasteiger partial charge in [-0.15, -0.1) is 0 Å². The van der Waals surface area contributed by atoms with Crippen molar-refractivity contribution >= 4 is 27.5 Å². The molecule has 2 N–H and O–H groups in total. The van der Waals surface area contributed by atoms with E-state index in [9.17, 15) is 13.2 Å². The van der Waals surface area contributed by atoms with E-state index in [1.807, 2.05) is 0 Å². The standard InChI is InChI=1S/C9H12ClN3O3S/c1-17(15,16)13-5-4-12-9(14)7-6-11-3-2-8(7)10/h2-3,6,13H,4-5H2,1H3,(H,12,14). The van der Waals surface area contributed by atoms with Gasteiger partial charge in [0.15, 0.2) is 0 Å². The van der Waals surface area contributed by atoms with Crippen LogP contribution in [0.4, 0.5) is 0 Å². The lowest BCUT2D eigenvalue weighted by molar-refractivity contribution is 0.0954. The molecule has 0 bridgehead atoms. The lowest BCUT2D eigenvalue weighted by Gasteiger charge is -2.06. The third-order valence-corrected chi connectivity index (χ3v) is 2.85. The Balaban J connectivity index is 2.44. The number of carbonyl (C=O) groups excluding carboxylic acids is 1. The number of amides is 1. The molecule has 0 saturated carbocycles. The summed E-state index contributed by atoms with van der Waals surface area (Å²) in [7, 11) is -3.23.